The lowest BCUT2D eigenvalue weighted by Crippen LogP contribution is -2.28. The third kappa shape index (κ3) is 1.53. The zero-order valence-electron chi connectivity index (χ0n) is 11.5. The van der Waals surface area contributed by atoms with Crippen LogP contribution in [0.4, 0.5) is 0 Å². The number of hydrogen-bond acceptors (Lipinski definition) is 5. The molecular weight excluding hydrogens is 302 g/mol. The first-order valence-electron chi connectivity index (χ1n) is 6.55. The molecule has 2 aromatic carbocycles. The second-order valence-electron chi connectivity index (χ2n) is 4.88. The molecule has 108 valence electrons. The summed E-state index contributed by atoms with van der Waals surface area (Å²) in [5, 5.41) is 1.78. The SMILES string of the molecule is CON1C(=O)c2ccc3c(=O)c4ccccc4sc3c2C1=O. The molecule has 0 saturated carbocycles. The molecule has 0 fully saturated rings. The Bertz CT molecular complexity index is 1040. The molecule has 2 heterocycles. The highest BCUT2D eigenvalue weighted by Crippen LogP contribution is 2.34. The fourth-order valence-electron chi connectivity index (χ4n) is 2.73. The number of fused-ring (bicyclic) bond motifs is 4. The molecule has 1 aliphatic heterocycles. The molecule has 5 nitrogen and oxygen atoms in total. The van der Waals surface area contributed by atoms with Crippen molar-refractivity contribution in [1.82, 2.24) is 5.06 Å². The minimum absolute atomic E-state index is 0.136. The smallest absolute Gasteiger partial charge is 0.287 e. The van der Waals surface area contributed by atoms with Crippen LogP contribution in [0.1, 0.15) is 20.7 Å². The number of rotatable bonds is 1. The van der Waals surface area contributed by atoms with Gasteiger partial charge in [-0.2, -0.15) is 0 Å². The Labute approximate surface area is 128 Å². The molecule has 0 aliphatic carbocycles. The molecule has 0 saturated heterocycles. The maximum atomic E-state index is 12.6. The Morgan fingerprint density at radius 3 is 2.50 bits per heavy atom. The van der Waals surface area contributed by atoms with E-state index in [1.54, 1.807) is 18.2 Å². The van der Waals surface area contributed by atoms with Gasteiger partial charge in [0, 0.05) is 15.5 Å². The van der Waals surface area contributed by atoms with Crippen molar-refractivity contribution in [2.24, 2.45) is 0 Å². The maximum absolute atomic E-state index is 12.6. The number of benzene rings is 2. The van der Waals surface area contributed by atoms with Crippen molar-refractivity contribution >= 4 is 43.3 Å². The van der Waals surface area contributed by atoms with Crippen LogP contribution in [0.3, 0.4) is 0 Å². The zero-order chi connectivity index (χ0) is 15.4. The second kappa shape index (κ2) is 4.46. The summed E-state index contributed by atoms with van der Waals surface area (Å²) >= 11 is 1.33. The van der Waals surface area contributed by atoms with Crippen LogP contribution in [0.25, 0.3) is 20.2 Å². The molecule has 22 heavy (non-hydrogen) atoms. The summed E-state index contributed by atoms with van der Waals surface area (Å²) in [5.74, 6) is -1.03. The Kier molecular flexibility index (Phi) is 2.66. The summed E-state index contributed by atoms with van der Waals surface area (Å²) in [4.78, 5) is 42.0. The number of nitrogens with zero attached hydrogens (tertiary/aromatic N) is 1. The molecule has 0 spiro atoms. The van der Waals surface area contributed by atoms with Crippen molar-refractivity contribution < 1.29 is 14.4 Å². The molecule has 1 aromatic heterocycles. The number of carbonyl (C=O) groups excluding carboxylic acids is 2. The van der Waals surface area contributed by atoms with Crippen LogP contribution < -0.4 is 5.43 Å². The summed E-state index contributed by atoms with van der Waals surface area (Å²) in [6.07, 6.45) is 0. The summed E-state index contributed by atoms with van der Waals surface area (Å²) in [7, 11) is 1.27. The number of imide groups is 1. The van der Waals surface area contributed by atoms with E-state index in [1.165, 1.54) is 24.5 Å². The number of hydrogen-bond donors (Lipinski definition) is 0. The third-order valence-electron chi connectivity index (χ3n) is 3.74. The first-order valence-corrected chi connectivity index (χ1v) is 7.36. The van der Waals surface area contributed by atoms with E-state index < -0.39 is 11.8 Å². The van der Waals surface area contributed by atoms with Gasteiger partial charge in [0.1, 0.15) is 0 Å². The largest absolute Gasteiger partial charge is 0.289 e. The van der Waals surface area contributed by atoms with E-state index in [4.69, 9.17) is 4.84 Å². The first-order chi connectivity index (χ1) is 10.6. The van der Waals surface area contributed by atoms with Gasteiger partial charge < -0.3 is 0 Å². The predicted octanol–water partition coefficient (Wildman–Crippen LogP) is 2.57. The van der Waals surface area contributed by atoms with Crippen molar-refractivity contribution in [3.63, 3.8) is 0 Å². The molecular formula is C16H9NO4S. The molecule has 0 radical (unpaired) electrons. The van der Waals surface area contributed by atoms with Gasteiger partial charge >= 0.3 is 0 Å². The van der Waals surface area contributed by atoms with Gasteiger partial charge in [-0.15, -0.1) is 16.4 Å². The highest BCUT2D eigenvalue weighted by atomic mass is 32.1. The lowest BCUT2D eigenvalue weighted by molar-refractivity contribution is -0.0645. The number of carbonyl (C=O) groups is 2. The molecule has 0 bridgehead atoms. The molecule has 0 atom stereocenters. The molecule has 6 heteroatoms. The quantitative estimate of drug-likeness (QED) is 0.512. The van der Waals surface area contributed by atoms with Crippen LogP contribution in [0.5, 0.6) is 0 Å². The van der Waals surface area contributed by atoms with E-state index in [0.29, 0.717) is 15.5 Å². The molecule has 0 N–H and O–H groups in total. The Morgan fingerprint density at radius 1 is 0.955 bits per heavy atom. The van der Waals surface area contributed by atoms with Gasteiger partial charge in [0.15, 0.2) is 5.43 Å². The minimum Gasteiger partial charge on any atom is -0.289 e. The van der Waals surface area contributed by atoms with Gasteiger partial charge in [-0.1, -0.05) is 12.1 Å². The minimum atomic E-state index is -0.529. The molecule has 0 unspecified atom stereocenters. The molecule has 1 aliphatic rings. The Hall–Kier alpha value is -2.57. The van der Waals surface area contributed by atoms with Crippen LogP contribution in [0.2, 0.25) is 0 Å². The topological polar surface area (TPSA) is 63.7 Å². The van der Waals surface area contributed by atoms with Gasteiger partial charge in [-0.25, -0.2) is 0 Å². The summed E-state index contributed by atoms with van der Waals surface area (Å²) in [6.45, 7) is 0. The monoisotopic (exact) mass is 311 g/mol. The van der Waals surface area contributed by atoms with Crippen molar-refractivity contribution in [2.45, 2.75) is 0 Å². The summed E-state index contributed by atoms with van der Waals surface area (Å²) in [6, 6.07) is 10.3. The highest BCUT2D eigenvalue weighted by molar-refractivity contribution is 7.25. The zero-order valence-corrected chi connectivity index (χ0v) is 12.3. The van der Waals surface area contributed by atoms with E-state index in [1.807, 2.05) is 12.1 Å². The maximum Gasteiger partial charge on any atom is 0.287 e. The lowest BCUT2D eigenvalue weighted by atomic mass is 10.1. The fraction of sp³-hybridized carbons (Fsp3) is 0.0625. The average molecular weight is 311 g/mol. The fourth-order valence-corrected chi connectivity index (χ4v) is 3.93. The number of hydroxylamine groups is 2. The van der Waals surface area contributed by atoms with Crippen LogP contribution >= 0.6 is 11.3 Å². The van der Waals surface area contributed by atoms with Gasteiger partial charge in [-0.05, 0) is 24.3 Å². The molecule has 4 rings (SSSR count). The predicted molar refractivity (Wildman–Crippen MR) is 83.1 cm³/mol. The first kappa shape index (κ1) is 13.1. The van der Waals surface area contributed by atoms with E-state index in [-0.39, 0.29) is 16.6 Å². The van der Waals surface area contributed by atoms with E-state index in [0.717, 1.165) is 9.76 Å². The van der Waals surface area contributed by atoms with Gasteiger partial charge in [0.05, 0.1) is 22.9 Å². The average Bonchev–Trinajstić information content (AvgIpc) is 2.78. The van der Waals surface area contributed by atoms with Crippen molar-refractivity contribution in [1.29, 1.82) is 0 Å². The van der Waals surface area contributed by atoms with E-state index in [9.17, 15) is 14.4 Å². The van der Waals surface area contributed by atoms with Gasteiger partial charge in [-0.3, -0.25) is 19.2 Å². The van der Waals surface area contributed by atoms with E-state index in [2.05, 4.69) is 0 Å². The molecule has 3 aromatic rings. The van der Waals surface area contributed by atoms with Gasteiger partial charge in [0.25, 0.3) is 11.8 Å². The summed E-state index contributed by atoms with van der Waals surface area (Å²) in [5.41, 5.74) is 0.380. The van der Waals surface area contributed by atoms with Gasteiger partial charge in [0.2, 0.25) is 0 Å². The standard InChI is InChI=1S/C16H9NO4S/c1-21-17-15(19)9-6-7-10-13(18)8-4-2-3-5-11(8)22-14(10)12(9)16(17)20/h2-7H,1H3. The van der Waals surface area contributed by atoms with Crippen molar-refractivity contribution in [2.75, 3.05) is 7.11 Å². The lowest BCUT2D eigenvalue weighted by Gasteiger charge is -2.08. The Balaban J connectivity index is 2.19. The third-order valence-corrected chi connectivity index (χ3v) is 4.95. The van der Waals surface area contributed by atoms with Crippen LogP contribution in [0.15, 0.2) is 41.2 Å². The van der Waals surface area contributed by atoms with Crippen LogP contribution in [-0.4, -0.2) is 24.0 Å². The van der Waals surface area contributed by atoms with Crippen molar-refractivity contribution in [3.05, 3.63) is 57.7 Å². The number of amides is 2. The van der Waals surface area contributed by atoms with Crippen LogP contribution in [0, 0.1) is 0 Å². The molecule has 2 amide bonds. The van der Waals surface area contributed by atoms with E-state index >= 15 is 0 Å². The van der Waals surface area contributed by atoms with Crippen LogP contribution in [-0.2, 0) is 4.84 Å². The van der Waals surface area contributed by atoms with Crippen molar-refractivity contribution in [3.8, 4) is 0 Å². The normalized spacial score (nSPS) is 14.1. The summed E-state index contributed by atoms with van der Waals surface area (Å²) < 4.78 is 1.31. The Morgan fingerprint density at radius 2 is 1.73 bits per heavy atom. The highest BCUT2D eigenvalue weighted by Gasteiger charge is 2.38. The second-order valence-corrected chi connectivity index (χ2v) is 5.93.